The number of unbranched alkanes of at least 4 members (excludes halogenated alkanes) is 43. The van der Waals surface area contributed by atoms with E-state index < -0.39 is 97.5 Å². The topological polar surface area (TPSA) is 237 Å². The molecule has 0 saturated carbocycles. The van der Waals surface area contributed by atoms with Crippen molar-refractivity contribution in [3.8, 4) is 0 Å². The van der Waals surface area contributed by atoms with Crippen LogP contribution >= 0.6 is 15.6 Å². The molecule has 0 aliphatic carbocycles. The molecule has 0 aromatic heterocycles. The molecule has 0 bridgehead atoms. The first-order valence-electron chi connectivity index (χ1n) is 38.5. The number of aliphatic hydroxyl groups excluding tert-OH is 1. The van der Waals surface area contributed by atoms with Crippen LogP contribution in [0.15, 0.2) is 0 Å². The molecule has 0 fully saturated rings. The molecule has 0 radical (unpaired) electrons. The van der Waals surface area contributed by atoms with Gasteiger partial charge < -0.3 is 33.8 Å². The standard InChI is InChI=1S/C74H144O17P2/c1-7-9-11-13-15-16-17-18-19-20-21-22-25-29-32-35-39-46-52-58-73(78)90-69(63-85-72(77)57-51-45-38-34-31-28-26-23-24-27-30-33-37-42-48-54-66(3)4)64-88-92(80,81)86-60-68(75)61-87-93(82,83)89-65-70(62-84-71(76)56-50-44-36-14-12-10-8-2)91-74(79)59-53-47-41-40-43-49-55-67(5)6/h66-70,75H,7-65H2,1-6H3,(H,80,81)(H,82,83)/t68-,69-,70-/m1/s1. The van der Waals surface area contributed by atoms with Crippen molar-refractivity contribution in [3.05, 3.63) is 0 Å². The van der Waals surface area contributed by atoms with Gasteiger partial charge in [-0.1, -0.05) is 330 Å². The van der Waals surface area contributed by atoms with E-state index in [4.69, 9.17) is 37.0 Å². The molecule has 2 unspecified atom stereocenters. The van der Waals surface area contributed by atoms with Crippen molar-refractivity contribution in [3.63, 3.8) is 0 Å². The van der Waals surface area contributed by atoms with Crippen molar-refractivity contribution in [1.82, 2.24) is 0 Å². The monoisotopic (exact) mass is 1370 g/mol. The second-order valence-corrected chi connectivity index (χ2v) is 30.5. The first-order chi connectivity index (χ1) is 44.9. The van der Waals surface area contributed by atoms with Gasteiger partial charge in [0, 0.05) is 25.7 Å². The maximum atomic E-state index is 13.1. The van der Waals surface area contributed by atoms with Crippen LogP contribution in [0, 0.1) is 11.8 Å². The molecule has 3 N–H and O–H groups in total. The van der Waals surface area contributed by atoms with Gasteiger partial charge in [0.2, 0.25) is 0 Å². The van der Waals surface area contributed by atoms with Crippen LogP contribution in [0.25, 0.3) is 0 Å². The lowest BCUT2D eigenvalue weighted by Crippen LogP contribution is -2.30. The number of phosphoric acid groups is 2. The van der Waals surface area contributed by atoms with Gasteiger partial charge in [-0.2, -0.15) is 0 Å². The molecule has 0 aliphatic heterocycles. The predicted molar refractivity (Wildman–Crippen MR) is 377 cm³/mol. The van der Waals surface area contributed by atoms with Crippen molar-refractivity contribution < 1.29 is 80.2 Å². The van der Waals surface area contributed by atoms with Gasteiger partial charge in [-0.25, -0.2) is 9.13 Å². The minimum Gasteiger partial charge on any atom is -0.462 e. The van der Waals surface area contributed by atoms with Crippen LogP contribution in [0.3, 0.4) is 0 Å². The highest BCUT2D eigenvalue weighted by molar-refractivity contribution is 7.47. The Morgan fingerprint density at radius 1 is 0.290 bits per heavy atom. The number of carbonyl (C=O) groups is 4. The summed E-state index contributed by atoms with van der Waals surface area (Å²) < 4.78 is 68.3. The zero-order valence-electron chi connectivity index (χ0n) is 60.6. The molecule has 0 amide bonds. The summed E-state index contributed by atoms with van der Waals surface area (Å²) in [7, 11) is -9.90. The van der Waals surface area contributed by atoms with Crippen LogP contribution in [-0.4, -0.2) is 96.7 Å². The number of aliphatic hydroxyl groups is 1. The molecule has 5 atom stereocenters. The Balaban J connectivity index is 5.16. The number of esters is 4. The molecular weight excluding hydrogens is 1220 g/mol. The summed E-state index contributed by atoms with van der Waals surface area (Å²) in [4.78, 5) is 72.5. The SMILES string of the molecule is CCCCCCCCCCCCCCCCCCCCCC(=O)O[C@H](COC(=O)CCCCCCCCCCCCCCCCCC(C)C)COP(=O)(O)OC[C@@H](O)COP(=O)(O)OC[C@@H](COC(=O)CCCCCCCCC)OC(=O)CCCCCCCCC(C)C. The highest BCUT2D eigenvalue weighted by atomic mass is 31.2. The minimum atomic E-state index is -4.95. The summed E-state index contributed by atoms with van der Waals surface area (Å²) in [6.45, 7) is 9.47. The van der Waals surface area contributed by atoms with Crippen LogP contribution in [0.2, 0.25) is 0 Å². The molecule has 552 valence electrons. The summed E-state index contributed by atoms with van der Waals surface area (Å²) >= 11 is 0. The Morgan fingerprint density at radius 3 is 0.731 bits per heavy atom. The van der Waals surface area contributed by atoms with Crippen molar-refractivity contribution in [2.45, 2.75) is 400 Å². The zero-order valence-corrected chi connectivity index (χ0v) is 62.3. The van der Waals surface area contributed by atoms with Crippen LogP contribution < -0.4 is 0 Å². The van der Waals surface area contributed by atoms with Crippen molar-refractivity contribution >= 4 is 39.5 Å². The van der Waals surface area contributed by atoms with Crippen molar-refractivity contribution in [2.75, 3.05) is 39.6 Å². The number of hydrogen-bond acceptors (Lipinski definition) is 15. The Bertz CT molecular complexity index is 1800. The third-order valence-electron chi connectivity index (χ3n) is 17.2. The molecule has 0 saturated heterocycles. The Labute approximate surface area is 568 Å². The fourth-order valence-electron chi connectivity index (χ4n) is 11.3. The molecule has 0 aromatic carbocycles. The van der Waals surface area contributed by atoms with Crippen LogP contribution in [0.1, 0.15) is 382 Å². The molecule has 0 heterocycles. The van der Waals surface area contributed by atoms with E-state index in [9.17, 15) is 43.2 Å². The average Bonchev–Trinajstić information content (AvgIpc) is 3.71. The number of hydrogen-bond donors (Lipinski definition) is 3. The maximum Gasteiger partial charge on any atom is 0.472 e. The van der Waals surface area contributed by atoms with Crippen molar-refractivity contribution in [2.24, 2.45) is 11.8 Å². The lowest BCUT2D eigenvalue weighted by molar-refractivity contribution is -0.161. The van der Waals surface area contributed by atoms with E-state index in [2.05, 4.69) is 41.5 Å². The molecule has 0 spiro atoms. The normalized spacial score (nSPS) is 14.1. The third kappa shape index (κ3) is 68.4. The molecule has 0 aromatic rings. The molecular formula is C74H144O17P2. The van der Waals surface area contributed by atoms with Gasteiger partial charge in [-0.3, -0.25) is 37.3 Å². The fraction of sp³-hybridized carbons (Fsp3) is 0.946. The number of ether oxygens (including phenoxy) is 4. The molecule has 19 heteroatoms. The fourth-order valence-corrected chi connectivity index (χ4v) is 12.9. The second kappa shape index (κ2) is 66.0. The summed E-state index contributed by atoms with van der Waals surface area (Å²) in [5.74, 6) is -0.652. The van der Waals surface area contributed by atoms with E-state index in [1.165, 1.54) is 186 Å². The van der Waals surface area contributed by atoms with Gasteiger partial charge in [0.05, 0.1) is 26.4 Å². The lowest BCUT2D eigenvalue weighted by atomic mass is 10.0. The molecule has 93 heavy (non-hydrogen) atoms. The lowest BCUT2D eigenvalue weighted by Gasteiger charge is -2.21. The molecule has 0 aliphatic rings. The minimum absolute atomic E-state index is 0.102. The van der Waals surface area contributed by atoms with Crippen molar-refractivity contribution in [1.29, 1.82) is 0 Å². The van der Waals surface area contributed by atoms with Gasteiger partial charge in [0.15, 0.2) is 12.2 Å². The van der Waals surface area contributed by atoms with Crippen LogP contribution in [0.4, 0.5) is 0 Å². The summed E-state index contributed by atoms with van der Waals surface area (Å²) in [6, 6.07) is 0. The quantitative estimate of drug-likeness (QED) is 0.0222. The van der Waals surface area contributed by atoms with E-state index in [0.29, 0.717) is 31.6 Å². The van der Waals surface area contributed by atoms with E-state index in [1.807, 2.05) is 0 Å². The van der Waals surface area contributed by atoms with E-state index in [0.717, 1.165) is 109 Å². The Kier molecular flexibility index (Phi) is 64.6. The van der Waals surface area contributed by atoms with Crippen LogP contribution in [0.5, 0.6) is 0 Å². The van der Waals surface area contributed by atoms with E-state index in [1.54, 1.807) is 0 Å². The summed E-state index contributed by atoms with van der Waals surface area (Å²) in [5.41, 5.74) is 0. The molecule has 17 nitrogen and oxygen atoms in total. The van der Waals surface area contributed by atoms with E-state index >= 15 is 0 Å². The number of phosphoric ester groups is 2. The maximum absolute atomic E-state index is 13.1. The second-order valence-electron chi connectivity index (χ2n) is 27.6. The number of rotatable bonds is 73. The van der Waals surface area contributed by atoms with E-state index in [-0.39, 0.29) is 25.7 Å². The molecule has 0 rings (SSSR count). The van der Waals surface area contributed by atoms with Gasteiger partial charge in [0.1, 0.15) is 19.3 Å². The third-order valence-corrected chi connectivity index (χ3v) is 19.1. The zero-order chi connectivity index (χ0) is 68.6. The van der Waals surface area contributed by atoms with Gasteiger partial charge in [0.25, 0.3) is 0 Å². The summed E-state index contributed by atoms with van der Waals surface area (Å²) in [6.07, 6.45) is 53.2. The van der Waals surface area contributed by atoms with Gasteiger partial charge >= 0.3 is 39.5 Å². The smallest absolute Gasteiger partial charge is 0.462 e. The first kappa shape index (κ1) is 91.1. The van der Waals surface area contributed by atoms with Crippen LogP contribution in [-0.2, 0) is 65.4 Å². The average molecular weight is 1370 g/mol. The summed E-state index contributed by atoms with van der Waals surface area (Å²) in [5, 5.41) is 10.6. The van der Waals surface area contributed by atoms with Gasteiger partial charge in [-0.05, 0) is 37.5 Å². The highest BCUT2D eigenvalue weighted by Crippen LogP contribution is 2.45. The Hall–Kier alpha value is -1.94. The highest BCUT2D eigenvalue weighted by Gasteiger charge is 2.30. The predicted octanol–water partition coefficient (Wildman–Crippen LogP) is 21.6. The first-order valence-corrected chi connectivity index (χ1v) is 41.5. The largest absolute Gasteiger partial charge is 0.472 e. The number of carbonyl (C=O) groups excluding carboxylic acids is 4. The van der Waals surface area contributed by atoms with Gasteiger partial charge in [-0.15, -0.1) is 0 Å². The Morgan fingerprint density at radius 2 is 0.495 bits per heavy atom.